The van der Waals surface area contributed by atoms with Gasteiger partial charge < -0.3 is 21.9 Å². The second-order valence-corrected chi connectivity index (χ2v) is 4.53. The predicted molar refractivity (Wildman–Crippen MR) is 79.8 cm³/mol. The molecule has 0 spiro atoms. The lowest BCUT2D eigenvalue weighted by atomic mass is 10.0. The van der Waals surface area contributed by atoms with Gasteiger partial charge in [0, 0.05) is 23.3 Å². The van der Waals surface area contributed by atoms with Crippen molar-refractivity contribution in [3.05, 3.63) is 71.5 Å². The minimum Gasteiger partial charge on any atom is -1.00 e. The molecule has 22 heavy (non-hydrogen) atoms. The molecule has 1 aliphatic heterocycles. The molecule has 3 rings (SSSR count). The zero-order valence-corrected chi connectivity index (χ0v) is 12.6. The van der Waals surface area contributed by atoms with E-state index >= 15 is 0 Å². The van der Waals surface area contributed by atoms with E-state index in [1.807, 2.05) is 48.6 Å². The molecule has 2 aliphatic rings. The van der Waals surface area contributed by atoms with Gasteiger partial charge in [-0.1, -0.05) is 18.2 Å². The van der Waals surface area contributed by atoms with E-state index in [0.717, 1.165) is 22.6 Å². The third-order valence-corrected chi connectivity index (χ3v) is 3.15. The van der Waals surface area contributed by atoms with Crippen molar-refractivity contribution in [2.75, 3.05) is 7.11 Å². The molecule has 0 atom stereocenters. The summed E-state index contributed by atoms with van der Waals surface area (Å²) >= 11 is 0. The first-order valence-electron chi connectivity index (χ1n) is 6.53. The monoisotopic (exact) mass is 315 g/mol. The van der Waals surface area contributed by atoms with Gasteiger partial charge >= 0.3 is 6.09 Å². The van der Waals surface area contributed by atoms with Gasteiger partial charge in [0.05, 0.1) is 7.11 Å². The maximum absolute atomic E-state index is 11.1. The minimum absolute atomic E-state index is 0. The van der Waals surface area contributed by atoms with E-state index in [0.29, 0.717) is 5.71 Å². The van der Waals surface area contributed by atoms with Crippen molar-refractivity contribution in [2.45, 2.75) is 0 Å². The lowest BCUT2D eigenvalue weighted by Crippen LogP contribution is -3.00. The smallest absolute Gasteiger partial charge is 0.594 e. The van der Waals surface area contributed by atoms with Crippen LogP contribution in [0.15, 0.2) is 66.0 Å². The molecule has 0 radical (unpaired) electrons. The second-order valence-electron chi connectivity index (χ2n) is 4.53. The average Bonchev–Trinajstić information content (AvgIpc) is 2.55. The zero-order valence-electron chi connectivity index (χ0n) is 11.9. The summed E-state index contributed by atoms with van der Waals surface area (Å²) in [5, 5.41) is 0. The first kappa shape index (κ1) is 15.8. The number of fused-ring (bicyclic) bond motifs is 1. The van der Waals surface area contributed by atoms with Gasteiger partial charge in [0.25, 0.3) is 0 Å². The molecule has 4 nitrogen and oxygen atoms in total. The Morgan fingerprint density at radius 1 is 1.05 bits per heavy atom. The number of halogens is 1. The van der Waals surface area contributed by atoms with E-state index in [9.17, 15) is 4.79 Å². The quantitative estimate of drug-likeness (QED) is 0.652. The number of rotatable bonds is 0. The maximum Gasteiger partial charge on any atom is 0.594 e. The predicted octanol–water partition coefficient (Wildman–Crippen LogP) is -1.24. The van der Waals surface area contributed by atoms with Crippen molar-refractivity contribution < 1.29 is 31.7 Å². The van der Waals surface area contributed by atoms with Crippen LogP contribution in [0.4, 0.5) is 4.79 Å². The van der Waals surface area contributed by atoms with Gasteiger partial charge in [-0.15, -0.1) is 4.99 Å². The standard InChI is InChI=1S/C17H13NO3.ClH/c1-20-17(19)18-14-9-6-13(7-10-14)16-11-8-12-4-2-3-5-15(12)21-16;/h2-11H,1H3;1H. The van der Waals surface area contributed by atoms with Crippen LogP contribution in [-0.4, -0.2) is 18.9 Å². The number of hydrogen-bond acceptors (Lipinski definition) is 3. The third-order valence-electron chi connectivity index (χ3n) is 3.15. The summed E-state index contributed by atoms with van der Waals surface area (Å²) in [5.41, 5.74) is 2.67. The average molecular weight is 316 g/mol. The fourth-order valence-electron chi connectivity index (χ4n) is 2.07. The van der Waals surface area contributed by atoms with Crippen LogP contribution < -0.4 is 22.1 Å². The second kappa shape index (κ2) is 6.91. The lowest BCUT2D eigenvalue weighted by molar-refractivity contribution is -0.364. The van der Waals surface area contributed by atoms with Crippen LogP contribution >= 0.6 is 0 Å². The molecule has 1 amide bonds. The summed E-state index contributed by atoms with van der Waals surface area (Å²) < 4.78 is 10.4. The number of nitrogens with one attached hydrogen (secondary N) is 1. The lowest BCUT2D eigenvalue weighted by Gasteiger charge is -2.16. The van der Waals surface area contributed by atoms with Gasteiger partial charge in [0.15, 0.2) is 0 Å². The molecule has 0 bridgehead atoms. The number of carbonyl (C=O) groups is 1. The highest BCUT2D eigenvalue weighted by molar-refractivity contribution is 6.03. The molecule has 0 saturated carbocycles. The largest absolute Gasteiger partial charge is 1.00 e. The molecule has 0 unspecified atom stereocenters. The molecule has 1 aliphatic carbocycles. The molecule has 5 heteroatoms. The molecular formula is C17H14ClNO3. The Hall–Kier alpha value is -2.59. The van der Waals surface area contributed by atoms with E-state index in [4.69, 9.17) is 4.74 Å². The van der Waals surface area contributed by atoms with E-state index in [-0.39, 0.29) is 12.4 Å². The molecule has 1 N–H and O–H groups in total. The van der Waals surface area contributed by atoms with Gasteiger partial charge in [0.1, 0.15) is 11.5 Å². The van der Waals surface area contributed by atoms with Gasteiger partial charge in [-0.3, -0.25) is 0 Å². The van der Waals surface area contributed by atoms with Crippen molar-refractivity contribution in [3.63, 3.8) is 0 Å². The number of ether oxygens (including phenoxy) is 2. The highest BCUT2D eigenvalue weighted by atomic mass is 35.5. The van der Waals surface area contributed by atoms with Crippen molar-refractivity contribution in [1.29, 1.82) is 0 Å². The van der Waals surface area contributed by atoms with Crippen molar-refractivity contribution >= 4 is 17.9 Å². The van der Waals surface area contributed by atoms with Crippen LogP contribution in [0, 0.1) is 0 Å². The third kappa shape index (κ3) is 3.35. The summed E-state index contributed by atoms with van der Waals surface area (Å²) in [5.74, 6) is 1.62. The van der Waals surface area contributed by atoms with E-state index < -0.39 is 6.09 Å². The van der Waals surface area contributed by atoms with Crippen LogP contribution in [0.5, 0.6) is 5.75 Å². The van der Waals surface area contributed by atoms with Crippen LogP contribution in [0.3, 0.4) is 0 Å². The summed E-state index contributed by atoms with van der Waals surface area (Å²) in [6, 6.07) is 7.86. The van der Waals surface area contributed by atoms with Crippen molar-refractivity contribution in [2.24, 2.45) is 0 Å². The van der Waals surface area contributed by atoms with Crippen LogP contribution in [0.1, 0.15) is 5.56 Å². The molecule has 1 aromatic rings. The number of carbonyl (C=O) groups excluding carboxylic acids is 1. The highest BCUT2D eigenvalue weighted by Gasteiger charge is 2.14. The number of hydrogen-bond donors (Lipinski definition) is 1. The Bertz CT molecular complexity index is 724. The molecule has 112 valence electrons. The minimum atomic E-state index is -0.488. The molecule has 1 aromatic carbocycles. The Labute approximate surface area is 134 Å². The van der Waals surface area contributed by atoms with Crippen LogP contribution in [0.2, 0.25) is 0 Å². The van der Waals surface area contributed by atoms with Gasteiger partial charge in [-0.2, -0.15) is 4.79 Å². The summed E-state index contributed by atoms with van der Waals surface area (Å²) in [4.78, 5) is 13.7. The number of allylic oxidation sites excluding steroid dienone is 6. The van der Waals surface area contributed by atoms with Gasteiger partial charge in [-0.25, -0.2) is 0 Å². The first-order chi connectivity index (χ1) is 10.3. The van der Waals surface area contributed by atoms with E-state index in [2.05, 4.69) is 9.73 Å². The molecule has 0 fully saturated rings. The summed E-state index contributed by atoms with van der Waals surface area (Å²) in [6.45, 7) is 0. The van der Waals surface area contributed by atoms with Gasteiger partial charge in [-0.05, 0) is 30.4 Å². The van der Waals surface area contributed by atoms with Crippen LogP contribution in [-0.2, 0) is 4.74 Å². The van der Waals surface area contributed by atoms with Crippen molar-refractivity contribution in [3.8, 4) is 5.75 Å². The molecular weight excluding hydrogens is 302 g/mol. The normalized spacial score (nSPS) is 14.9. The van der Waals surface area contributed by atoms with E-state index in [1.54, 1.807) is 12.2 Å². The van der Waals surface area contributed by atoms with E-state index in [1.165, 1.54) is 7.11 Å². The molecule has 0 saturated heterocycles. The topological polar surface area (TPSA) is 49.5 Å². The zero-order chi connectivity index (χ0) is 14.7. The Morgan fingerprint density at radius 3 is 2.50 bits per heavy atom. The Balaban J connectivity index is 0.00000176. The number of benzene rings is 1. The number of para-hydroxylation sites is 1. The summed E-state index contributed by atoms with van der Waals surface area (Å²) in [6.07, 6.45) is 10.9. The number of amides is 1. The summed E-state index contributed by atoms with van der Waals surface area (Å²) in [7, 11) is 1.33. The first-order valence-corrected chi connectivity index (χ1v) is 6.53. The maximum atomic E-state index is 11.1. The fourth-order valence-corrected chi connectivity index (χ4v) is 2.07. The van der Waals surface area contributed by atoms with Crippen LogP contribution in [0.25, 0.3) is 6.08 Å². The Morgan fingerprint density at radius 2 is 1.77 bits per heavy atom. The SMILES string of the molecule is COC(=O)[NH+]=C1C=CC(=C2C=Cc3ccccc3O2)C=C1.[Cl-]. The van der Waals surface area contributed by atoms with Crippen molar-refractivity contribution in [1.82, 2.24) is 0 Å². The molecule has 0 aromatic heterocycles. The number of methoxy groups -OCH3 is 1. The highest BCUT2D eigenvalue weighted by Crippen LogP contribution is 2.29. The fraction of sp³-hybridized carbons (Fsp3) is 0.0588. The Kier molecular flexibility index (Phi) is 4.96. The molecule has 1 heterocycles. The van der Waals surface area contributed by atoms with Gasteiger partial charge in [0.2, 0.25) is 5.71 Å².